The molecular formula is C20H25N3O4S. The third-order valence-electron chi connectivity index (χ3n) is 6.07. The van der Waals surface area contributed by atoms with Crippen LogP contribution in [0.3, 0.4) is 0 Å². The largest absolute Gasteiger partial charge is 0.493 e. The molecule has 3 atom stereocenters. The number of ether oxygens (including phenoxy) is 2. The van der Waals surface area contributed by atoms with Crippen molar-refractivity contribution < 1.29 is 17.9 Å². The molecule has 2 fully saturated rings. The van der Waals surface area contributed by atoms with Crippen molar-refractivity contribution in [2.75, 3.05) is 26.4 Å². The van der Waals surface area contributed by atoms with Crippen LogP contribution in [-0.4, -0.2) is 48.9 Å². The Hall–Kier alpha value is -1.90. The van der Waals surface area contributed by atoms with E-state index in [9.17, 15) is 8.42 Å². The normalized spacial score (nSPS) is 27.2. The van der Waals surface area contributed by atoms with Gasteiger partial charge < -0.3 is 9.47 Å². The second kappa shape index (κ2) is 6.86. The van der Waals surface area contributed by atoms with Crippen LogP contribution < -0.4 is 4.74 Å². The van der Waals surface area contributed by atoms with Crippen LogP contribution in [-0.2, 0) is 21.8 Å². The maximum absolute atomic E-state index is 13.4. The average Bonchev–Trinajstić information content (AvgIpc) is 3.27. The standard InChI is InChI=1S/C20H25N3O4S/c1-22-10-16(8-21-22)28(24,25)23-9-15(12-26-11-14-6-7-14)18-13-27-19-5-3-2-4-17(19)20(18)23/h2-5,8,10,14-15,18,20H,6-7,9,11-13H2,1H3/t15-,18-,20-/m0/s1. The molecule has 0 radical (unpaired) electrons. The molecular weight excluding hydrogens is 378 g/mol. The molecule has 1 aliphatic carbocycles. The van der Waals surface area contributed by atoms with Crippen LogP contribution in [0, 0.1) is 17.8 Å². The zero-order valence-electron chi connectivity index (χ0n) is 15.9. The number of para-hydroxylation sites is 1. The molecule has 0 bridgehead atoms. The minimum Gasteiger partial charge on any atom is -0.493 e. The van der Waals surface area contributed by atoms with Crippen LogP contribution >= 0.6 is 0 Å². The number of sulfonamides is 1. The average molecular weight is 404 g/mol. The fourth-order valence-electron chi connectivity index (χ4n) is 4.37. The van der Waals surface area contributed by atoms with Crippen LogP contribution in [0.4, 0.5) is 0 Å². The number of fused-ring (bicyclic) bond motifs is 3. The Bertz CT molecular complexity index is 969. The van der Waals surface area contributed by atoms with Gasteiger partial charge in [-0.1, -0.05) is 18.2 Å². The third kappa shape index (κ3) is 3.13. The summed E-state index contributed by atoms with van der Waals surface area (Å²) in [5, 5.41) is 4.06. The first-order valence-corrected chi connectivity index (χ1v) is 11.3. The summed E-state index contributed by atoms with van der Waals surface area (Å²) in [5.41, 5.74) is 0.941. The van der Waals surface area contributed by atoms with Crippen LogP contribution in [0.5, 0.6) is 5.75 Å². The molecule has 150 valence electrons. The Morgan fingerprint density at radius 3 is 2.82 bits per heavy atom. The summed E-state index contributed by atoms with van der Waals surface area (Å²) >= 11 is 0. The van der Waals surface area contributed by atoms with E-state index in [2.05, 4.69) is 5.10 Å². The summed E-state index contributed by atoms with van der Waals surface area (Å²) in [5.74, 6) is 1.66. The first-order chi connectivity index (χ1) is 13.5. The fraction of sp³-hybridized carbons (Fsp3) is 0.550. The second-order valence-electron chi connectivity index (χ2n) is 8.12. The topological polar surface area (TPSA) is 73.7 Å². The van der Waals surface area contributed by atoms with E-state index < -0.39 is 10.0 Å². The van der Waals surface area contributed by atoms with E-state index in [4.69, 9.17) is 9.47 Å². The molecule has 8 heteroatoms. The van der Waals surface area contributed by atoms with Gasteiger partial charge in [-0.25, -0.2) is 8.42 Å². The highest BCUT2D eigenvalue weighted by Crippen LogP contribution is 2.49. The fourth-order valence-corrected chi connectivity index (χ4v) is 6.06. The van der Waals surface area contributed by atoms with Gasteiger partial charge in [0.2, 0.25) is 10.0 Å². The van der Waals surface area contributed by atoms with Gasteiger partial charge in [-0.3, -0.25) is 4.68 Å². The Kier molecular flexibility index (Phi) is 4.45. The maximum Gasteiger partial charge on any atom is 0.246 e. The number of benzene rings is 1. The minimum atomic E-state index is -3.65. The molecule has 0 unspecified atom stereocenters. The van der Waals surface area contributed by atoms with E-state index >= 15 is 0 Å². The zero-order chi connectivity index (χ0) is 19.3. The highest BCUT2D eigenvalue weighted by atomic mass is 32.2. The minimum absolute atomic E-state index is 0.0838. The van der Waals surface area contributed by atoms with Gasteiger partial charge >= 0.3 is 0 Å². The summed E-state index contributed by atoms with van der Waals surface area (Å²) in [6.45, 7) is 2.30. The number of hydrogen-bond donors (Lipinski definition) is 0. The van der Waals surface area contributed by atoms with Crippen molar-refractivity contribution in [2.24, 2.45) is 24.8 Å². The Labute approximate surface area is 165 Å². The molecule has 1 aromatic carbocycles. The highest BCUT2D eigenvalue weighted by molar-refractivity contribution is 7.89. The van der Waals surface area contributed by atoms with E-state index in [0.717, 1.165) is 17.9 Å². The maximum atomic E-state index is 13.4. The van der Waals surface area contributed by atoms with Crippen molar-refractivity contribution >= 4 is 10.0 Å². The molecule has 3 heterocycles. The number of aryl methyl sites for hydroxylation is 1. The summed E-state index contributed by atoms with van der Waals surface area (Å²) < 4.78 is 42.0. The molecule has 2 aromatic rings. The molecule has 0 spiro atoms. The summed E-state index contributed by atoms with van der Waals surface area (Å²) in [6.07, 6.45) is 5.47. The lowest BCUT2D eigenvalue weighted by atomic mass is 9.86. The quantitative estimate of drug-likeness (QED) is 0.739. The van der Waals surface area contributed by atoms with Gasteiger partial charge in [0.1, 0.15) is 10.6 Å². The Morgan fingerprint density at radius 1 is 1.25 bits per heavy atom. The van der Waals surface area contributed by atoms with Gasteiger partial charge in [0.15, 0.2) is 0 Å². The van der Waals surface area contributed by atoms with Gasteiger partial charge in [0, 0.05) is 43.8 Å². The smallest absolute Gasteiger partial charge is 0.246 e. The second-order valence-corrected chi connectivity index (χ2v) is 10.0. The van der Waals surface area contributed by atoms with Crippen molar-refractivity contribution in [2.45, 2.75) is 23.8 Å². The third-order valence-corrected chi connectivity index (χ3v) is 7.88. The number of rotatable bonds is 6. The lowest BCUT2D eigenvalue weighted by Crippen LogP contribution is -2.35. The first-order valence-electron chi connectivity index (χ1n) is 9.84. The summed E-state index contributed by atoms with van der Waals surface area (Å²) in [7, 11) is -1.93. The highest BCUT2D eigenvalue weighted by Gasteiger charge is 2.51. The molecule has 2 aliphatic heterocycles. The van der Waals surface area contributed by atoms with Crippen molar-refractivity contribution in [1.82, 2.24) is 14.1 Å². The molecule has 1 aromatic heterocycles. The van der Waals surface area contributed by atoms with Crippen molar-refractivity contribution in [3.8, 4) is 5.75 Å². The molecule has 1 saturated heterocycles. The van der Waals surface area contributed by atoms with E-state index in [0.29, 0.717) is 25.7 Å². The summed E-state index contributed by atoms with van der Waals surface area (Å²) in [4.78, 5) is 0.234. The van der Waals surface area contributed by atoms with Gasteiger partial charge in [0.25, 0.3) is 0 Å². The SMILES string of the molecule is Cn1cc(S(=O)(=O)N2C[C@@H](COCC3CC3)[C@@H]3COc4ccccc4[C@@H]32)cn1. The lowest BCUT2D eigenvalue weighted by molar-refractivity contribution is 0.0645. The first kappa shape index (κ1) is 18.1. The van der Waals surface area contributed by atoms with Gasteiger partial charge in [-0.05, 0) is 24.8 Å². The molecule has 1 saturated carbocycles. The Morgan fingerprint density at radius 2 is 2.07 bits per heavy atom. The Balaban J connectivity index is 1.48. The molecule has 28 heavy (non-hydrogen) atoms. The van der Waals surface area contributed by atoms with Gasteiger partial charge in [-0.15, -0.1) is 0 Å². The predicted molar refractivity (Wildman–Crippen MR) is 102 cm³/mol. The van der Waals surface area contributed by atoms with Gasteiger partial charge in [-0.2, -0.15) is 9.40 Å². The van der Waals surface area contributed by atoms with E-state index in [1.54, 1.807) is 17.5 Å². The van der Waals surface area contributed by atoms with Crippen LogP contribution in [0.2, 0.25) is 0 Å². The van der Waals surface area contributed by atoms with E-state index in [1.807, 2.05) is 24.3 Å². The number of nitrogens with zero attached hydrogens (tertiary/aromatic N) is 3. The lowest BCUT2D eigenvalue weighted by Gasteiger charge is -2.33. The number of hydrogen-bond acceptors (Lipinski definition) is 5. The molecule has 0 N–H and O–H groups in total. The zero-order valence-corrected chi connectivity index (χ0v) is 16.7. The summed E-state index contributed by atoms with van der Waals surface area (Å²) in [6, 6.07) is 7.52. The van der Waals surface area contributed by atoms with Crippen molar-refractivity contribution in [3.63, 3.8) is 0 Å². The molecule has 3 aliphatic rings. The van der Waals surface area contributed by atoms with Crippen LogP contribution in [0.15, 0.2) is 41.6 Å². The van der Waals surface area contributed by atoms with Crippen LogP contribution in [0.25, 0.3) is 0 Å². The van der Waals surface area contributed by atoms with E-state index in [-0.39, 0.29) is 22.8 Å². The molecule has 7 nitrogen and oxygen atoms in total. The predicted octanol–water partition coefficient (Wildman–Crippen LogP) is 2.22. The van der Waals surface area contributed by atoms with Crippen molar-refractivity contribution in [3.05, 3.63) is 42.2 Å². The van der Waals surface area contributed by atoms with Gasteiger partial charge in [0.05, 0.1) is 25.5 Å². The number of aromatic nitrogens is 2. The molecule has 0 amide bonds. The van der Waals surface area contributed by atoms with E-state index in [1.165, 1.54) is 23.7 Å². The van der Waals surface area contributed by atoms with Crippen LogP contribution in [0.1, 0.15) is 24.4 Å². The monoisotopic (exact) mass is 403 g/mol. The van der Waals surface area contributed by atoms with Crippen molar-refractivity contribution in [1.29, 1.82) is 0 Å². The molecule has 5 rings (SSSR count).